The molecule has 0 radical (unpaired) electrons. The number of benzene rings is 2. The molecule has 2 aromatic rings. The third-order valence-corrected chi connectivity index (χ3v) is 4.74. The molecule has 1 unspecified atom stereocenters. The summed E-state index contributed by atoms with van der Waals surface area (Å²) in [5, 5.41) is 3.40. The fourth-order valence-corrected chi connectivity index (χ4v) is 3.17. The van der Waals surface area contributed by atoms with E-state index in [1.165, 1.54) is 11.1 Å². The van der Waals surface area contributed by atoms with Gasteiger partial charge in [0.1, 0.15) is 5.54 Å². The molecule has 1 aliphatic heterocycles. The summed E-state index contributed by atoms with van der Waals surface area (Å²) in [5.74, 6) is 0.101. The van der Waals surface area contributed by atoms with Crippen LogP contribution >= 0.6 is 0 Å². The summed E-state index contributed by atoms with van der Waals surface area (Å²) in [5.41, 5.74) is 4.95. The Labute approximate surface area is 138 Å². The van der Waals surface area contributed by atoms with Crippen LogP contribution in [0.1, 0.15) is 43.5 Å². The van der Waals surface area contributed by atoms with Crippen LogP contribution in [-0.4, -0.2) is 11.4 Å². The van der Waals surface area contributed by atoms with Gasteiger partial charge in [-0.2, -0.15) is 0 Å². The van der Waals surface area contributed by atoms with E-state index in [-0.39, 0.29) is 11.9 Å². The number of nitrogens with zero attached hydrogens (tertiary/aromatic N) is 1. The molecule has 0 aliphatic carbocycles. The molecule has 1 atom stereocenters. The average molecular weight is 308 g/mol. The molecule has 3 heteroatoms. The van der Waals surface area contributed by atoms with Crippen molar-refractivity contribution in [1.29, 1.82) is 0 Å². The zero-order valence-electron chi connectivity index (χ0n) is 14.5. The van der Waals surface area contributed by atoms with Crippen molar-refractivity contribution in [3.63, 3.8) is 0 Å². The van der Waals surface area contributed by atoms with Crippen molar-refractivity contribution in [2.75, 3.05) is 10.2 Å². The van der Waals surface area contributed by atoms with Gasteiger partial charge in [-0.15, -0.1) is 0 Å². The van der Waals surface area contributed by atoms with E-state index < -0.39 is 5.54 Å². The van der Waals surface area contributed by atoms with Crippen molar-refractivity contribution in [2.45, 2.75) is 46.2 Å². The van der Waals surface area contributed by atoms with Crippen LogP contribution in [0.15, 0.2) is 42.5 Å². The van der Waals surface area contributed by atoms with Crippen LogP contribution in [0.25, 0.3) is 0 Å². The first-order valence-corrected chi connectivity index (χ1v) is 8.09. The monoisotopic (exact) mass is 308 g/mol. The molecule has 120 valence electrons. The van der Waals surface area contributed by atoms with Gasteiger partial charge in [0.15, 0.2) is 0 Å². The van der Waals surface area contributed by atoms with Crippen LogP contribution < -0.4 is 10.2 Å². The highest BCUT2D eigenvalue weighted by molar-refractivity contribution is 6.08. The topological polar surface area (TPSA) is 32.3 Å². The largest absolute Gasteiger partial charge is 0.370 e. The van der Waals surface area contributed by atoms with Gasteiger partial charge in [0.05, 0.1) is 17.4 Å². The lowest BCUT2D eigenvalue weighted by Crippen LogP contribution is -2.54. The lowest BCUT2D eigenvalue weighted by Gasteiger charge is -2.43. The average Bonchev–Trinajstić information content (AvgIpc) is 2.51. The number of amides is 1. The summed E-state index contributed by atoms with van der Waals surface area (Å²) in [6, 6.07) is 14.4. The van der Waals surface area contributed by atoms with Crippen molar-refractivity contribution in [1.82, 2.24) is 0 Å². The molecule has 0 aromatic heterocycles. The smallest absolute Gasteiger partial charge is 0.252 e. The molecule has 23 heavy (non-hydrogen) atoms. The van der Waals surface area contributed by atoms with E-state index in [2.05, 4.69) is 50.4 Å². The first-order chi connectivity index (χ1) is 10.8. The predicted molar refractivity (Wildman–Crippen MR) is 96.0 cm³/mol. The van der Waals surface area contributed by atoms with Crippen LogP contribution in [-0.2, 0) is 4.79 Å². The van der Waals surface area contributed by atoms with Gasteiger partial charge >= 0.3 is 0 Å². The Bertz CT molecular complexity index is 750. The minimum absolute atomic E-state index is 0.00840. The molecule has 1 heterocycles. The molecular weight excluding hydrogens is 284 g/mol. The fourth-order valence-electron chi connectivity index (χ4n) is 3.17. The van der Waals surface area contributed by atoms with Crippen LogP contribution in [0.3, 0.4) is 0 Å². The second-order valence-electron chi connectivity index (χ2n) is 6.97. The Balaban J connectivity index is 2.15. The molecule has 1 N–H and O–H groups in total. The van der Waals surface area contributed by atoms with Gasteiger partial charge in [0.2, 0.25) is 0 Å². The van der Waals surface area contributed by atoms with E-state index in [1.54, 1.807) is 0 Å². The molecule has 0 fully saturated rings. The standard InChI is InChI=1S/C20H24N2O/c1-13-11-17-18(12-14(13)2)22(19(23)20(4,5)21-17)15(3)16-9-7-6-8-10-16/h6-12,15,21H,1-5H3. The van der Waals surface area contributed by atoms with E-state index >= 15 is 0 Å². The number of fused-ring (bicyclic) bond motifs is 1. The molecule has 2 aromatic carbocycles. The Morgan fingerprint density at radius 3 is 2.30 bits per heavy atom. The zero-order valence-corrected chi connectivity index (χ0v) is 14.5. The Kier molecular flexibility index (Phi) is 3.67. The molecule has 0 saturated carbocycles. The van der Waals surface area contributed by atoms with E-state index in [1.807, 2.05) is 36.9 Å². The van der Waals surface area contributed by atoms with Gasteiger partial charge in [0, 0.05) is 0 Å². The number of hydrogen-bond acceptors (Lipinski definition) is 2. The Hall–Kier alpha value is -2.29. The maximum atomic E-state index is 13.1. The first kappa shape index (κ1) is 15.6. The maximum Gasteiger partial charge on any atom is 0.252 e. The molecule has 1 aliphatic rings. The van der Waals surface area contributed by atoms with E-state index in [9.17, 15) is 4.79 Å². The van der Waals surface area contributed by atoms with Crippen molar-refractivity contribution in [3.05, 3.63) is 59.2 Å². The van der Waals surface area contributed by atoms with Crippen LogP contribution in [0.2, 0.25) is 0 Å². The number of anilines is 2. The summed E-state index contributed by atoms with van der Waals surface area (Å²) in [6.07, 6.45) is 0. The summed E-state index contributed by atoms with van der Waals surface area (Å²) in [7, 11) is 0. The number of nitrogens with one attached hydrogen (secondary N) is 1. The van der Waals surface area contributed by atoms with E-state index in [0.717, 1.165) is 16.9 Å². The van der Waals surface area contributed by atoms with Crippen molar-refractivity contribution < 1.29 is 4.79 Å². The minimum Gasteiger partial charge on any atom is -0.370 e. The van der Waals surface area contributed by atoms with E-state index in [4.69, 9.17) is 0 Å². The van der Waals surface area contributed by atoms with Gasteiger partial charge in [-0.05, 0) is 63.4 Å². The summed E-state index contributed by atoms with van der Waals surface area (Å²) >= 11 is 0. The second kappa shape index (κ2) is 5.41. The summed E-state index contributed by atoms with van der Waals surface area (Å²) in [4.78, 5) is 15.0. The second-order valence-corrected chi connectivity index (χ2v) is 6.97. The first-order valence-electron chi connectivity index (χ1n) is 8.09. The highest BCUT2D eigenvalue weighted by atomic mass is 16.2. The van der Waals surface area contributed by atoms with Crippen molar-refractivity contribution in [2.24, 2.45) is 0 Å². The number of aryl methyl sites for hydroxylation is 2. The Morgan fingerprint density at radius 1 is 1.04 bits per heavy atom. The molecule has 1 amide bonds. The van der Waals surface area contributed by atoms with Gasteiger partial charge < -0.3 is 10.2 Å². The lowest BCUT2D eigenvalue weighted by atomic mass is 9.93. The van der Waals surface area contributed by atoms with Crippen molar-refractivity contribution >= 4 is 17.3 Å². The molecular formula is C20H24N2O. The number of carbonyl (C=O) groups excluding carboxylic acids is 1. The quantitative estimate of drug-likeness (QED) is 0.879. The molecule has 0 spiro atoms. The van der Waals surface area contributed by atoms with E-state index in [0.29, 0.717) is 0 Å². The predicted octanol–water partition coefficient (Wildman–Crippen LogP) is 4.60. The zero-order chi connectivity index (χ0) is 16.8. The van der Waals surface area contributed by atoms with Crippen molar-refractivity contribution in [3.8, 4) is 0 Å². The number of hydrogen-bond donors (Lipinski definition) is 1. The minimum atomic E-state index is -0.613. The third kappa shape index (κ3) is 2.61. The Morgan fingerprint density at radius 2 is 1.65 bits per heavy atom. The number of rotatable bonds is 2. The van der Waals surface area contributed by atoms with Crippen LogP contribution in [0, 0.1) is 13.8 Å². The normalized spacial score (nSPS) is 17.4. The van der Waals surface area contributed by atoms with Crippen LogP contribution in [0.5, 0.6) is 0 Å². The molecule has 0 bridgehead atoms. The molecule has 3 rings (SSSR count). The van der Waals surface area contributed by atoms with Gasteiger partial charge in [-0.3, -0.25) is 4.79 Å². The summed E-state index contributed by atoms with van der Waals surface area (Å²) < 4.78 is 0. The lowest BCUT2D eigenvalue weighted by molar-refractivity contribution is -0.122. The van der Waals surface area contributed by atoms with Gasteiger partial charge in [-0.25, -0.2) is 0 Å². The highest BCUT2D eigenvalue weighted by Crippen LogP contribution is 2.41. The van der Waals surface area contributed by atoms with Gasteiger partial charge in [-0.1, -0.05) is 30.3 Å². The third-order valence-electron chi connectivity index (χ3n) is 4.74. The number of carbonyl (C=O) groups is 1. The maximum absolute atomic E-state index is 13.1. The highest BCUT2D eigenvalue weighted by Gasteiger charge is 2.41. The molecule has 0 saturated heterocycles. The fraction of sp³-hybridized carbons (Fsp3) is 0.350. The van der Waals surface area contributed by atoms with Gasteiger partial charge in [0.25, 0.3) is 5.91 Å². The van der Waals surface area contributed by atoms with Crippen LogP contribution in [0.4, 0.5) is 11.4 Å². The summed E-state index contributed by atoms with van der Waals surface area (Å²) in [6.45, 7) is 10.2. The SMILES string of the molecule is Cc1cc2c(cc1C)N(C(C)c1ccccc1)C(=O)C(C)(C)N2. The molecule has 3 nitrogen and oxygen atoms in total.